The minimum atomic E-state index is -0.0276. The van der Waals surface area contributed by atoms with E-state index in [0.29, 0.717) is 22.4 Å². The van der Waals surface area contributed by atoms with Gasteiger partial charge >= 0.3 is 0 Å². The minimum absolute atomic E-state index is 0.00676. The molecule has 29 heavy (non-hydrogen) atoms. The zero-order valence-electron chi connectivity index (χ0n) is 16.1. The van der Waals surface area contributed by atoms with E-state index in [4.69, 9.17) is 16.0 Å². The lowest BCUT2D eigenvalue weighted by Gasteiger charge is -2.34. The summed E-state index contributed by atoms with van der Waals surface area (Å²) in [4.78, 5) is 15.0. The van der Waals surface area contributed by atoms with Crippen molar-refractivity contribution in [2.24, 2.45) is 5.92 Å². The number of phenols is 1. The standard InChI is InChI=1S/C22H22ClN3O3/c1-14(21-24-25-22(29-21)17-3-2-4-18(23)13-17)26-11-9-16(10-12-26)20(28)15-5-7-19(27)8-6-15/h2-8,13-14,16,27H,9-12H2,1H3. The second-order valence-corrected chi connectivity index (χ2v) is 7.79. The maximum Gasteiger partial charge on any atom is 0.247 e. The van der Waals surface area contributed by atoms with E-state index < -0.39 is 0 Å². The number of nitrogens with zero attached hydrogens (tertiary/aromatic N) is 3. The lowest BCUT2D eigenvalue weighted by Crippen LogP contribution is -2.38. The molecule has 0 spiro atoms. The lowest BCUT2D eigenvalue weighted by molar-refractivity contribution is 0.0782. The largest absolute Gasteiger partial charge is 0.508 e. The number of ketones is 1. The fourth-order valence-electron chi connectivity index (χ4n) is 3.71. The Hall–Kier alpha value is -2.70. The molecule has 1 saturated heterocycles. The molecular formula is C22H22ClN3O3. The first-order chi connectivity index (χ1) is 14.0. The van der Waals surface area contributed by atoms with Crippen LogP contribution >= 0.6 is 11.6 Å². The molecule has 6 nitrogen and oxygen atoms in total. The summed E-state index contributed by atoms with van der Waals surface area (Å²) in [5.41, 5.74) is 1.44. The van der Waals surface area contributed by atoms with Crippen molar-refractivity contribution in [1.82, 2.24) is 15.1 Å². The van der Waals surface area contributed by atoms with Crippen LogP contribution in [0.1, 0.15) is 42.1 Å². The summed E-state index contributed by atoms with van der Waals surface area (Å²) in [5, 5.41) is 18.4. The number of aromatic nitrogens is 2. The lowest BCUT2D eigenvalue weighted by atomic mass is 9.88. The van der Waals surface area contributed by atoms with E-state index in [2.05, 4.69) is 15.1 Å². The van der Waals surface area contributed by atoms with Crippen LogP contribution in [0.5, 0.6) is 5.75 Å². The Bertz CT molecular complexity index is 995. The molecule has 2 aromatic carbocycles. The van der Waals surface area contributed by atoms with Crippen molar-refractivity contribution < 1.29 is 14.3 Å². The Morgan fingerprint density at radius 1 is 1.17 bits per heavy atom. The Morgan fingerprint density at radius 3 is 2.59 bits per heavy atom. The molecule has 1 aliphatic rings. The maximum absolute atomic E-state index is 12.7. The molecule has 2 heterocycles. The molecule has 1 aromatic heterocycles. The van der Waals surface area contributed by atoms with Crippen LogP contribution in [0.2, 0.25) is 5.02 Å². The molecule has 1 unspecified atom stereocenters. The Morgan fingerprint density at radius 2 is 1.90 bits per heavy atom. The van der Waals surface area contributed by atoms with E-state index in [-0.39, 0.29) is 23.5 Å². The van der Waals surface area contributed by atoms with Gasteiger partial charge in [-0.05, 0) is 75.3 Å². The van der Waals surface area contributed by atoms with Crippen LogP contribution in [0.15, 0.2) is 52.9 Å². The molecule has 1 N–H and O–H groups in total. The molecule has 1 atom stereocenters. The average Bonchev–Trinajstić information content (AvgIpc) is 3.24. The van der Waals surface area contributed by atoms with Crippen molar-refractivity contribution in [2.45, 2.75) is 25.8 Å². The van der Waals surface area contributed by atoms with Crippen molar-refractivity contribution in [3.8, 4) is 17.2 Å². The second kappa shape index (κ2) is 8.35. The van der Waals surface area contributed by atoms with Gasteiger partial charge in [0.25, 0.3) is 0 Å². The van der Waals surface area contributed by atoms with Crippen molar-refractivity contribution in [3.63, 3.8) is 0 Å². The summed E-state index contributed by atoms with van der Waals surface area (Å²) in [6.45, 7) is 3.60. The van der Waals surface area contributed by atoms with Gasteiger partial charge in [-0.3, -0.25) is 9.69 Å². The zero-order valence-corrected chi connectivity index (χ0v) is 16.8. The highest BCUT2D eigenvalue weighted by atomic mass is 35.5. The van der Waals surface area contributed by atoms with Crippen LogP contribution in [-0.2, 0) is 0 Å². The van der Waals surface area contributed by atoms with Crippen LogP contribution in [0.3, 0.4) is 0 Å². The molecule has 1 aliphatic heterocycles. The third-order valence-corrected chi connectivity index (χ3v) is 5.70. The summed E-state index contributed by atoms with van der Waals surface area (Å²) in [6, 6.07) is 13.8. The third-order valence-electron chi connectivity index (χ3n) is 5.47. The zero-order chi connectivity index (χ0) is 20.4. The van der Waals surface area contributed by atoms with E-state index >= 15 is 0 Å². The van der Waals surface area contributed by atoms with Gasteiger partial charge in [0, 0.05) is 22.1 Å². The predicted octanol–water partition coefficient (Wildman–Crippen LogP) is 4.75. The highest BCUT2D eigenvalue weighted by Gasteiger charge is 2.30. The van der Waals surface area contributed by atoms with Gasteiger partial charge in [0.15, 0.2) is 5.78 Å². The topological polar surface area (TPSA) is 79.5 Å². The number of hydrogen-bond donors (Lipinski definition) is 1. The Balaban J connectivity index is 1.38. The molecule has 0 aliphatic carbocycles. The normalized spacial score (nSPS) is 16.6. The van der Waals surface area contributed by atoms with E-state index in [1.807, 2.05) is 19.1 Å². The molecule has 150 valence electrons. The number of piperidine rings is 1. The fourth-order valence-corrected chi connectivity index (χ4v) is 3.90. The summed E-state index contributed by atoms with van der Waals surface area (Å²) < 4.78 is 5.88. The third kappa shape index (κ3) is 4.33. The number of likely N-dealkylation sites (tertiary alicyclic amines) is 1. The van der Waals surface area contributed by atoms with Gasteiger partial charge in [-0.1, -0.05) is 17.7 Å². The monoisotopic (exact) mass is 411 g/mol. The molecule has 0 saturated carbocycles. The minimum Gasteiger partial charge on any atom is -0.508 e. The highest BCUT2D eigenvalue weighted by Crippen LogP contribution is 2.30. The Kier molecular flexibility index (Phi) is 5.65. The summed E-state index contributed by atoms with van der Waals surface area (Å²) in [7, 11) is 0. The van der Waals surface area contributed by atoms with Crippen LogP contribution in [0.4, 0.5) is 0 Å². The molecular weight excluding hydrogens is 390 g/mol. The summed E-state index contributed by atoms with van der Waals surface area (Å²) >= 11 is 6.04. The van der Waals surface area contributed by atoms with Crippen LogP contribution < -0.4 is 0 Å². The van der Waals surface area contributed by atoms with Gasteiger partial charge in [0.2, 0.25) is 11.8 Å². The first-order valence-electron chi connectivity index (χ1n) is 9.68. The molecule has 0 radical (unpaired) electrons. The average molecular weight is 412 g/mol. The number of aromatic hydroxyl groups is 1. The molecule has 1 fully saturated rings. The van der Waals surface area contributed by atoms with E-state index in [1.54, 1.807) is 36.4 Å². The first-order valence-corrected chi connectivity index (χ1v) is 10.1. The van der Waals surface area contributed by atoms with Crippen LogP contribution in [0, 0.1) is 5.92 Å². The molecule has 0 bridgehead atoms. The van der Waals surface area contributed by atoms with Gasteiger partial charge < -0.3 is 9.52 Å². The number of rotatable bonds is 5. The molecule has 4 rings (SSSR count). The molecule has 7 heteroatoms. The van der Waals surface area contributed by atoms with Crippen molar-refractivity contribution in [1.29, 1.82) is 0 Å². The number of halogens is 1. The number of Topliss-reactive ketones (excluding diaryl/α,β-unsaturated/α-hetero) is 1. The van der Waals surface area contributed by atoms with Crippen LogP contribution in [-0.4, -0.2) is 39.1 Å². The quantitative estimate of drug-likeness (QED) is 0.610. The molecule has 3 aromatic rings. The van der Waals surface area contributed by atoms with E-state index in [0.717, 1.165) is 31.5 Å². The van der Waals surface area contributed by atoms with E-state index in [1.165, 1.54) is 0 Å². The number of benzene rings is 2. The number of hydrogen-bond acceptors (Lipinski definition) is 6. The highest BCUT2D eigenvalue weighted by molar-refractivity contribution is 6.30. The van der Waals surface area contributed by atoms with Gasteiger partial charge in [-0.2, -0.15) is 0 Å². The number of carbonyl (C=O) groups is 1. The fraction of sp³-hybridized carbons (Fsp3) is 0.318. The van der Waals surface area contributed by atoms with E-state index in [9.17, 15) is 9.90 Å². The smallest absolute Gasteiger partial charge is 0.247 e. The second-order valence-electron chi connectivity index (χ2n) is 7.35. The number of phenolic OH excluding ortho intramolecular Hbond substituents is 1. The van der Waals surface area contributed by atoms with Crippen molar-refractivity contribution >= 4 is 17.4 Å². The van der Waals surface area contributed by atoms with Crippen LogP contribution in [0.25, 0.3) is 11.5 Å². The molecule has 0 amide bonds. The maximum atomic E-state index is 12.7. The van der Waals surface area contributed by atoms with Crippen molar-refractivity contribution in [2.75, 3.05) is 13.1 Å². The Labute approximate surface area is 174 Å². The first kappa shape index (κ1) is 19.6. The van der Waals surface area contributed by atoms with Gasteiger partial charge in [0.05, 0.1) is 6.04 Å². The predicted molar refractivity (Wildman–Crippen MR) is 110 cm³/mol. The number of carbonyl (C=O) groups excluding carboxylic acids is 1. The van der Waals surface area contributed by atoms with Gasteiger partial charge in [-0.15, -0.1) is 10.2 Å². The van der Waals surface area contributed by atoms with Gasteiger partial charge in [0.1, 0.15) is 5.75 Å². The summed E-state index contributed by atoms with van der Waals surface area (Å²) in [6.07, 6.45) is 1.55. The summed E-state index contributed by atoms with van der Waals surface area (Å²) in [5.74, 6) is 1.31. The SMILES string of the molecule is CC(c1nnc(-c2cccc(Cl)c2)o1)N1CCC(C(=O)c2ccc(O)cc2)CC1. The van der Waals surface area contributed by atoms with Crippen molar-refractivity contribution in [3.05, 3.63) is 65.0 Å². The van der Waals surface area contributed by atoms with Gasteiger partial charge in [-0.25, -0.2) is 0 Å².